The number of nitrogens with two attached hydrogens (primary N) is 1. The van der Waals surface area contributed by atoms with E-state index in [9.17, 15) is 61.0 Å². The zero-order valence-corrected chi connectivity index (χ0v) is 47.9. The summed E-state index contributed by atoms with van der Waals surface area (Å²) in [5.74, 6) is -6.29. The van der Waals surface area contributed by atoms with Crippen molar-refractivity contribution in [3.05, 3.63) is 203 Å². The van der Waals surface area contributed by atoms with E-state index >= 15 is 0 Å². The highest BCUT2D eigenvalue weighted by molar-refractivity contribution is 5.97. The lowest BCUT2D eigenvalue weighted by Crippen LogP contribution is -2.55. The van der Waals surface area contributed by atoms with Gasteiger partial charge in [0.05, 0.1) is 39.0 Å². The van der Waals surface area contributed by atoms with Crippen LogP contribution in [0.3, 0.4) is 0 Å². The van der Waals surface area contributed by atoms with E-state index < -0.39 is 71.6 Å². The van der Waals surface area contributed by atoms with Gasteiger partial charge in [-0.05, 0) is 127 Å². The predicted molar refractivity (Wildman–Crippen MR) is 311 cm³/mol. The maximum atomic E-state index is 14.0. The summed E-state index contributed by atoms with van der Waals surface area (Å²) in [5.41, 5.74) is 9.97. The molecule has 6 amide bonds. The number of carbonyl (C=O) groups excluding carboxylic acids is 7. The number of carboxylic acids is 1. The third kappa shape index (κ3) is 21.8. The number of pyridine rings is 2. The fraction of sp³-hybridized carbons (Fsp3) is 0.344. The minimum atomic E-state index is -1.38. The van der Waals surface area contributed by atoms with Crippen LogP contribution in [0.2, 0.25) is 0 Å². The van der Waals surface area contributed by atoms with E-state index in [1.807, 2.05) is 6.07 Å². The molecule has 1 aliphatic rings. The normalized spacial score (nSPS) is 13.4. The van der Waals surface area contributed by atoms with E-state index in [1.54, 1.807) is 98.2 Å². The second-order valence-corrected chi connectivity index (χ2v) is 20.5. The van der Waals surface area contributed by atoms with Gasteiger partial charge in [-0.2, -0.15) is 0 Å². The first kappa shape index (κ1) is 66.0. The molecular weight excluding hydrogens is 1110 g/mol. The number of halogens is 4. The van der Waals surface area contributed by atoms with E-state index in [4.69, 9.17) is 5.73 Å². The van der Waals surface area contributed by atoms with Crippen LogP contribution in [0.25, 0.3) is 0 Å². The number of ketones is 1. The monoisotopic (exact) mass is 1190 g/mol. The van der Waals surface area contributed by atoms with Gasteiger partial charge in [0.1, 0.15) is 35.4 Å². The number of nitrogens with zero attached hydrogens (tertiary/aromatic N) is 7. The number of carboxylic acid groups (broad SMARTS) is 1. The lowest BCUT2D eigenvalue weighted by molar-refractivity contribution is -0.151. The number of rotatable bonds is 30. The molecule has 2 atom stereocenters. The molecule has 1 fully saturated rings. The molecule has 1 aliphatic heterocycles. The second kappa shape index (κ2) is 33.9. The molecule has 0 radical (unpaired) electrons. The van der Waals surface area contributed by atoms with Gasteiger partial charge in [-0.25, -0.2) is 17.6 Å². The Balaban J connectivity index is 0.000000275. The number of benzene rings is 4. The Morgan fingerprint density at radius 3 is 1.58 bits per heavy atom. The molecule has 4 N–H and O–H groups in total. The average molecular weight is 1190 g/mol. The van der Waals surface area contributed by atoms with Crippen molar-refractivity contribution in [1.29, 1.82) is 0 Å². The van der Waals surface area contributed by atoms with E-state index in [2.05, 4.69) is 15.3 Å². The Morgan fingerprint density at radius 1 is 0.616 bits per heavy atom. The van der Waals surface area contributed by atoms with Gasteiger partial charge < -0.3 is 40.7 Å². The zero-order chi connectivity index (χ0) is 62.0. The Kier molecular flexibility index (Phi) is 26.0. The van der Waals surface area contributed by atoms with E-state index in [-0.39, 0.29) is 95.6 Å². The van der Waals surface area contributed by atoms with Crippen LogP contribution >= 0.6 is 0 Å². The number of aromatic nitrogens is 2. The largest absolute Gasteiger partial charge is 0.481 e. The van der Waals surface area contributed by atoms with E-state index in [0.29, 0.717) is 55.6 Å². The van der Waals surface area contributed by atoms with Crippen LogP contribution in [-0.2, 0) is 76.9 Å². The van der Waals surface area contributed by atoms with E-state index in [1.165, 1.54) is 73.0 Å². The number of hydrogen-bond acceptors (Lipinski definition) is 11. The van der Waals surface area contributed by atoms with Crippen LogP contribution in [0.15, 0.2) is 146 Å². The molecule has 6 aromatic rings. The first-order chi connectivity index (χ1) is 41.3. The Bertz CT molecular complexity index is 3190. The summed E-state index contributed by atoms with van der Waals surface area (Å²) in [5, 5.41) is 12.8. The highest BCUT2D eigenvalue weighted by Gasteiger charge is 2.40. The van der Waals surface area contributed by atoms with Gasteiger partial charge in [-0.15, -0.1) is 0 Å². The number of carbonyl (C=O) groups is 8. The van der Waals surface area contributed by atoms with Crippen LogP contribution in [-0.4, -0.2) is 164 Å². The topological polar surface area (TPSA) is 237 Å². The van der Waals surface area contributed by atoms with Crippen LogP contribution < -0.4 is 11.1 Å². The van der Waals surface area contributed by atoms with Gasteiger partial charge in [-0.1, -0.05) is 67.6 Å². The van der Waals surface area contributed by atoms with Gasteiger partial charge in [0.2, 0.25) is 35.4 Å². The molecule has 2 unspecified atom stereocenters. The van der Waals surface area contributed by atoms with Crippen molar-refractivity contribution in [2.24, 2.45) is 5.73 Å². The molecule has 0 aliphatic carbocycles. The van der Waals surface area contributed by atoms with Gasteiger partial charge in [-0.3, -0.25) is 48.3 Å². The molecule has 18 nitrogen and oxygen atoms in total. The lowest BCUT2D eigenvalue weighted by atomic mass is 10.1. The summed E-state index contributed by atoms with van der Waals surface area (Å²) in [4.78, 5) is 120. The van der Waals surface area contributed by atoms with Crippen molar-refractivity contribution in [1.82, 2.24) is 39.8 Å². The van der Waals surface area contributed by atoms with Crippen molar-refractivity contribution >= 4 is 47.2 Å². The molecule has 7 rings (SSSR count). The SMILES string of the molecule is CCC(=O)CN(CCc1ccccn1)C(=O)C(CC(=O)O)N(CCc1ccc(F)cc1)C(=O)CNCCc1ccc(F)cc1.NC(=O)CN(CCc1ccccn1)C(=O)C1CC(=O)N(CCc2ccc(F)cc2)CC(=O)N1CCc1ccc(F)cc1. The summed E-state index contributed by atoms with van der Waals surface area (Å²) in [6.07, 6.45) is 4.62. The Hall–Kier alpha value is -9.18. The molecule has 86 heavy (non-hydrogen) atoms. The minimum absolute atomic E-state index is 0.0103. The molecule has 22 heteroatoms. The molecule has 3 heterocycles. The highest BCUT2D eigenvalue weighted by Crippen LogP contribution is 2.20. The highest BCUT2D eigenvalue weighted by atomic mass is 19.1. The fourth-order valence-electron chi connectivity index (χ4n) is 9.53. The molecule has 4 aromatic carbocycles. The molecule has 0 spiro atoms. The van der Waals surface area contributed by atoms with Crippen LogP contribution in [0.4, 0.5) is 17.6 Å². The van der Waals surface area contributed by atoms with Gasteiger partial charge in [0, 0.05) is 75.8 Å². The first-order valence-corrected chi connectivity index (χ1v) is 28.3. The maximum Gasteiger partial charge on any atom is 0.305 e. The van der Waals surface area contributed by atoms with Crippen LogP contribution in [0, 0.1) is 23.3 Å². The fourth-order valence-corrected chi connectivity index (χ4v) is 9.53. The summed E-state index contributed by atoms with van der Waals surface area (Å²) in [6, 6.07) is 31.6. The van der Waals surface area contributed by atoms with Crippen LogP contribution in [0.1, 0.15) is 59.8 Å². The first-order valence-electron chi connectivity index (χ1n) is 28.3. The molecule has 2 aromatic heterocycles. The smallest absolute Gasteiger partial charge is 0.305 e. The molecule has 454 valence electrons. The number of aliphatic carboxylic acids is 1. The van der Waals surface area contributed by atoms with Crippen LogP contribution in [0.5, 0.6) is 0 Å². The third-order valence-electron chi connectivity index (χ3n) is 14.3. The maximum absolute atomic E-state index is 14.0. The molecule has 0 bridgehead atoms. The Labute approximate surface area is 497 Å². The third-order valence-corrected chi connectivity index (χ3v) is 14.3. The van der Waals surface area contributed by atoms with Gasteiger partial charge >= 0.3 is 5.97 Å². The molecule has 1 saturated heterocycles. The van der Waals surface area contributed by atoms with Crippen molar-refractivity contribution in [2.45, 2.75) is 76.8 Å². The Morgan fingerprint density at radius 2 is 1.10 bits per heavy atom. The average Bonchev–Trinajstić information content (AvgIpc) is 3.86. The van der Waals surface area contributed by atoms with Crippen molar-refractivity contribution < 1.29 is 61.0 Å². The van der Waals surface area contributed by atoms with Crippen molar-refractivity contribution in [3.8, 4) is 0 Å². The second-order valence-electron chi connectivity index (χ2n) is 20.5. The minimum Gasteiger partial charge on any atom is -0.481 e. The summed E-state index contributed by atoms with van der Waals surface area (Å²) in [6.45, 7) is 1.52. The summed E-state index contributed by atoms with van der Waals surface area (Å²) in [7, 11) is 0. The van der Waals surface area contributed by atoms with Crippen molar-refractivity contribution in [3.63, 3.8) is 0 Å². The number of Topliss-reactive ketones (excluding diaryl/α,β-unsaturated/α-hetero) is 1. The number of primary amides is 1. The lowest BCUT2D eigenvalue weighted by Gasteiger charge is -2.34. The quantitative estimate of drug-likeness (QED) is 0.0370. The summed E-state index contributed by atoms with van der Waals surface area (Å²) < 4.78 is 53.5. The van der Waals surface area contributed by atoms with Gasteiger partial charge in [0.25, 0.3) is 0 Å². The number of hydrogen-bond donors (Lipinski definition) is 3. The molecule has 0 saturated carbocycles. The van der Waals surface area contributed by atoms with E-state index in [0.717, 1.165) is 16.7 Å². The predicted octanol–water partition coefficient (Wildman–Crippen LogP) is 5.59. The molecular formula is C64H71F4N9O9. The summed E-state index contributed by atoms with van der Waals surface area (Å²) >= 11 is 0. The number of nitrogens with one attached hydrogen (secondary N) is 1. The van der Waals surface area contributed by atoms with Crippen molar-refractivity contribution in [2.75, 3.05) is 65.4 Å². The standard InChI is InChI=1S/C33H38F2N4O5.C31H33F2N5O4/c1-2-29(40)23-38(19-16-28-5-3-4-17-37-28)33(44)30(21-32(42)43)39(20-15-25-8-12-27(35)13-9-25)31(41)22-36-18-14-24-6-10-26(34)11-7-24;32-24-8-4-22(5-9-24)12-16-36-21-30(41)38(18-13-23-6-10-25(33)11-7-23)27(19-29(36)40)31(42)37(20-28(34)39)17-14-26-3-1-2-15-35-26/h3-13,17,30,36H,2,14-16,18-23H2,1H3,(H,42,43);1-11,15,27H,12-14,16-21H2,(H2,34,39). The van der Waals surface area contributed by atoms with Gasteiger partial charge in [0.15, 0.2) is 5.78 Å². The zero-order valence-electron chi connectivity index (χ0n) is 47.9. The number of amides is 6.